The molecule has 0 bridgehead atoms. The van der Waals surface area contributed by atoms with Crippen molar-refractivity contribution in [3.8, 4) is 0 Å². The van der Waals surface area contributed by atoms with Gasteiger partial charge in [0.1, 0.15) is 6.10 Å². The Morgan fingerprint density at radius 1 is 1.46 bits per heavy atom. The Labute approximate surface area is 145 Å². The first-order chi connectivity index (χ1) is 11.8. The van der Waals surface area contributed by atoms with Crippen molar-refractivity contribution in [1.82, 2.24) is 15.3 Å². The summed E-state index contributed by atoms with van der Waals surface area (Å²) < 4.78 is 11.4. The highest BCUT2D eigenvalue weighted by Crippen LogP contribution is 2.15. The van der Waals surface area contributed by atoms with Crippen LogP contribution >= 0.6 is 11.3 Å². The van der Waals surface area contributed by atoms with E-state index in [1.807, 2.05) is 18.4 Å². The fourth-order valence-electron chi connectivity index (χ4n) is 2.61. The third-order valence-electron chi connectivity index (χ3n) is 3.99. The average Bonchev–Trinajstić information content (AvgIpc) is 3.14. The highest BCUT2D eigenvalue weighted by Gasteiger charge is 2.28. The van der Waals surface area contributed by atoms with Crippen LogP contribution in [0.4, 0.5) is 0 Å². The maximum atomic E-state index is 12.5. The molecule has 2 aromatic heterocycles. The zero-order valence-corrected chi connectivity index (χ0v) is 14.4. The van der Waals surface area contributed by atoms with E-state index in [-0.39, 0.29) is 18.1 Å². The van der Waals surface area contributed by atoms with Crippen LogP contribution in [0.2, 0.25) is 0 Å². The van der Waals surface area contributed by atoms with Gasteiger partial charge in [-0.1, -0.05) is 6.92 Å². The Hall–Kier alpha value is -1.83. The zero-order valence-electron chi connectivity index (χ0n) is 13.6. The molecule has 0 unspecified atom stereocenters. The number of hydrogen-bond acceptors (Lipinski definition) is 6. The number of hydrogen-bond donors (Lipinski definition) is 1. The van der Waals surface area contributed by atoms with E-state index in [9.17, 15) is 4.79 Å². The minimum Gasteiger partial charge on any atom is -0.379 e. The van der Waals surface area contributed by atoms with Gasteiger partial charge in [0.25, 0.3) is 5.91 Å². The molecular weight excluding hydrogens is 326 g/mol. The van der Waals surface area contributed by atoms with Crippen LogP contribution in [-0.4, -0.2) is 41.2 Å². The van der Waals surface area contributed by atoms with Crippen molar-refractivity contribution in [3.05, 3.63) is 46.2 Å². The molecule has 0 aliphatic carbocycles. The molecular formula is C17H21N3O3S. The molecule has 2 atom stereocenters. The number of carbonyl (C=O) groups excluding carboxylic acids is 1. The smallest absolute Gasteiger partial charge is 0.251 e. The number of carbonyl (C=O) groups is 1. The molecule has 2 aromatic rings. The van der Waals surface area contributed by atoms with Crippen LogP contribution < -0.4 is 5.32 Å². The second kappa shape index (κ2) is 8.32. The van der Waals surface area contributed by atoms with Crippen LogP contribution in [0.1, 0.15) is 35.1 Å². The number of amides is 1. The molecule has 1 N–H and O–H groups in total. The molecule has 1 amide bonds. The fourth-order valence-corrected chi connectivity index (χ4v) is 3.15. The topological polar surface area (TPSA) is 73.3 Å². The molecule has 1 fully saturated rings. The van der Waals surface area contributed by atoms with Crippen LogP contribution in [0.15, 0.2) is 29.2 Å². The van der Waals surface area contributed by atoms with E-state index in [4.69, 9.17) is 9.47 Å². The number of pyridine rings is 1. The quantitative estimate of drug-likeness (QED) is 0.867. The number of thiazole rings is 1. The van der Waals surface area contributed by atoms with Crippen molar-refractivity contribution in [2.24, 2.45) is 0 Å². The first-order valence-electron chi connectivity index (χ1n) is 8.08. The van der Waals surface area contributed by atoms with E-state index in [2.05, 4.69) is 15.3 Å². The lowest BCUT2D eigenvalue weighted by molar-refractivity contribution is -0.0742. The molecule has 6 nitrogen and oxygen atoms in total. The Morgan fingerprint density at radius 3 is 3.17 bits per heavy atom. The van der Waals surface area contributed by atoms with Crippen LogP contribution in [0.5, 0.6) is 0 Å². The Morgan fingerprint density at radius 2 is 2.38 bits per heavy atom. The lowest BCUT2D eigenvalue weighted by Gasteiger charge is -2.32. The summed E-state index contributed by atoms with van der Waals surface area (Å²) in [6.45, 7) is 3.55. The average molecular weight is 347 g/mol. The van der Waals surface area contributed by atoms with Crippen LogP contribution in [0, 0.1) is 0 Å². The van der Waals surface area contributed by atoms with Crippen LogP contribution in [0.3, 0.4) is 0 Å². The van der Waals surface area contributed by atoms with Gasteiger partial charge in [0.2, 0.25) is 0 Å². The van der Waals surface area contributed by atoms with Crippen molar-refractivity contribution in [2.45, 2.75) is 38.5 Å². The molecule has 3 heterocycles. The minimum absolute atomic E-state index is 0.0665. The van der Waals surface area contributed by atoms with Crippen molar-refractivity contribution in [2.75, 3.05) is 13.2 Å². The maximum Gasteiger partial charge on any atom is 0.251 e. The Kier molecular flexibility index (Phi) is 5.90. The summed E-state index contributed by atoms with van der Waals surface area (Å²) in [5, 5.41) is 5.04. The van der Waals surface area contributed by atoms with Crippen molar-refractivity contribution < 1.29 is 14.3 Å². The molecule has 128 valence electrons. The molecule has 1 aliphatic rings. The number of ether oxygens (including phenoxy) is 2. The minimum atomic E-state index is -0.170. The molecule has 7 heteroatoms. The van der Waals surface area contributed by atoms with Gasteiger partial charge in [-0.05, 0) is 25.0 Å². The van der Waals surface area contributed by atoms with E-state index in [1.54, 1.807) is 29.1 Å². The van der Waals surface area contributed by atoms with Gasteiger partial charge in [-0.25, -0.2) is 4.98 Å². The normalized spacial score (nSPS) is 20.7. The summed E-state index contributed by atoms with van der Waals surface area (Å²) >= 11 is 1.54. The molecule has 3 rings (SSSR count). The van der Waals surface area contributed by atoms with Gasteiger partial charge in [-0.15, -0.1) is 11.3 Å². The first-order valence-corrected chi connectivity index (χ1v) is 9.02. The van der Waals surface area contributed by atoms with Crippen molar-refractivity contribution >= 4 is 17.2 Å². The standard InChI is InChI=1S/C17H21N3O3S/c1-2-13-7-12(3-5-18-13)17(21)20-15-4-6-22-9-16(15)23-8-14-10-24-11-19-14/h3,5,7,10-11,15-16H,2,4,6,8-9H2,1H3,(H,20,21)/t15-,16-/m1/s1. The predicted molar refractivity (Wildman–Crippen MR) is 91.0 cm³/mol. The Bertz CT molecular complexity index is 663. The van der Waals surface area contributed by atoms with Crippen molar-refractivity contribution in [3.63, 3.8) is 0 Å². The predicted octanol–water partition coefficient (Wildman–Crippen LogP) is 2.20. The summed E-state index contributed by atoms with van der Waals surface area (Å²) in [6.07, 6.45) is 3.04. The third-order valence-corrected chi connectivity index (χ3v) is 4.63. The van der Waals surface area contributed by atoms with Gasteiger partial charge in [0.15, 0.2) is 0 Å². The van der Waals surface area contributed by atoms with Gasteiger partial charge in [-0.3, -0.25) is 9.78 Å². The van der Waals surface area contributed by atoms with E-state index in [1.165, 1.54) is 0 Å². The van der Waals surface area contributed by atoms with Crippen LogP contribution in [-0.2, 0) is 22.5 Å². The van der Waals surface area contributed by atoms with Gasteiger partial charge >= 0.3 is 0 Å². The second-order valence-corrected chi connectivity index (χ2v) is 6.38. The molecule has 0 spiro atoms. The highest BCUT2D eigenvalue weighted by molar-refractivity contribution is 7.07. The monoisotopic (exact) mass is 347 g/mol. The molecule has 0 radical (unpaired) electrons. The van der Waals surface area contributed by atoms with E-state index in [0.717, 1.165) is 24.2 Å². The zero-order chi connectivity index (χ0) is 16.8. The highest BCUT2D eigenvalue weighted by atomic mass is 32.1. The number of nitrogens with one attached hydrogen (secondary N) is 1. The number of aryl methyl sites for hydroxylation is 1. The SMILES string of the molecule is CCc1cc(C(=O)N[C@@H]2CCOC[C@H]2OCc2cscn2)ccn1. The van der Waals surface area contributed by atoms with E-state index in [0.29, 0.717) is 25.4 Å². The van der Waals surface area contributed by atoms with Gasteiger partial charge in [0.05, 0.1) is 30.5 Å². The summed E-state index contributed by atoms with van der Waals surface area (Å²) in [4.78, 5) is 21.0. The third kappa shape index (κ3) is 4.37. The summed E-state index contributed by atoms with van der Waals surface area (Å²) in [7, 11) is 0. The van der Waals surface area contributed by atoms with Crippen molar-refractivity contribution in [1.29, 1.82) is 0 Å². The summed E-state index contributed by atoms with van der Waals surface area (Å²) in [6, 6.07) is 3.50. The van der Waals surface area contributed by atoms with Gasteiger partial charge in [0, 0.05) is 29.4 Å². The maximum absolute atomic E-state index is 12.5. The lowest BCUT2D eigenvalue weighted by Crippen LogP contribution is -2.50. The van der Waals surface area contributed by atoms with E-state index >= 15 is 0 Å². The second-order valence-electron chi connectivity index (χ2n) is 5.66. The molecule has 1 aliphatic heterocycles. The fraction of sp³-hybridized carbons (Fsp3) is 0.471. The first kappa shape index (κ1) is 17.0. The van der Waals surface area contributed by atoms with E-state index < -0.39 is 0 Å². The largest absolute Gasteiger partial charge is 0.379 e. The molecule has 0 saturated carbocycles. The molecule has 0 aromatic carbocycles. The Balaban J connectivity index is 1.61. The lowest BCUT2D eigenvalue weighted by atomic mass is 10.1. The molecule has 1 saturated heterocycles. The van der Waals surface area contributed by atoms with Gasteiger partial charge in [-0.2, -0.15) is 0 Å². The number of nitrogens with zero attached hydrogens (tertiary/aromatic N) is 2. The summed E-state index contributed by atoms with van der Waals surface area (Å²) in [5.41, 5.74) is 4.22. The summed E-state index contributed by atoms with van der Waals surface area (Å²) in [5.74, 6) is -0.0961. The van der Waals surface area contributed by atoms with Crippen LogP contribution in [0.25, 0.3) is 0 Å². The van der Waals surface area contributed by atoms with Gasteiger partial charge < -0.3 is 14.8 Å². The number of aromatic nitrogens is 2. The number of rotatable bonds is 6. The molecule has 24 heavy (non-hydrogen) atoms.